The molecule has 0 fully saturated rings. The number of H-pyrrole nitrogens is 1. The first-order valence-electron chi connectivity index (χ1n) is 6.70. The topological polar surface area (TPSA) is 25.0 Å². The number of hydrogen-bond acceptors (Lipinski definition) is 1. The Labute approximate surface area is 123 Å². The second-order valence-corrected chi connectivity index (χ2v) is 5.08. The van der Waals surface area contributed by atoms with Gasteiger partial charge in [0.05, 0.1) is 0 Å². The molecule has 0 aliphatic heterocycles. The van der Waals surface area contributed by atoms with Crippen molar-refractivity contribution >= 4 is 22.5 Å². The molecule has 1 heterocycles. The SMILES string of the molecule is ClCCc1c[nH]c2cccc(OCc3ccccc3)c12. The van der Waals surface area contributed by atoms with Crippen LogP contribution in [0, 0.1) is 0 Å². The second-order valence-electron chi connectivity index (χ2n) is 4.71. The summed E-state index contributed by atoms with van der Waals surface area (Å²) in [7, 11) is 0. The maximum absolute atomic E-state index is 5.99. The van der Waals surface area contributed by atoms with Crippen LogP contribution in [0.1, 0.15) is 11.1 Å². The summed E-state index contributed by atoms with van der Waals surface area (Å²) in [5.41, 5.74) is 3.47. The van der Waals surface area contributed by atoms with Crippen molar-refractivity contribution < 1.29 is 4.74 Å². The Morgan fingerprint density at radius 2 is 1.85 bits per heavy atom. The molecule has 20 heavy (non-hydrogen) atoms. The highest BCUT2D eigenvalue weighted by atomic mass is 35.5. The lowest BCUT2D eigenvalue weighted by Gasteiger charge is -2.09. The van der Waals surface area contributed by atoms with Crippen LogP contribution in [0.5, 0.6) is 5.75 Å². The Hall–Kier alpha value is -1.93. The molecule has 0 aliphatic rings. The first-order valence-corrected chi connectivity index (χ1v) is 7.23. The Morgan fingerprint density at radius 1 is 1.00 bits per heavy atom. The molecular formula is C17H16ClNO. The number of aryl methyl sites for hydroxylation is 1. The van der Waals surface area contributed by atoms with Gasteiger partial charge < -0.3 is 9.72 Å². The van der Waals surface area contributed by atoms with Crippen molar-refractivity contribution in [2.75, 3.05) is 5.88 Å². The van der Waals surface area contributed by atoms with Crippen molar-refractivity contribution in [2.24, 2.45) is 0 Å². The van der Waals surface area contributed by atoms with Gasteiger partial charge in [0.1, 0.15) is 12.4 Å². The van der Waals surface area contributed by atoms with E-state index in [-0.39, 0.29) is 0 Å². The number of benzene rings is 2. The number of halogens is 1. The van der Waals surface area contributed by atoms with E-state index in [4.69, 9.17) is 16.3 Å². The number of nitrogens with one attached hydrogen (secondary N) is 1. The normalized spacial score (nSPS) is 10.8. The third-order valence-corrected chi connectivity index (χ3v) is 3.54. The largest absolute Gasteiger partial charge is 0.488 e. The summed E-state index contributed by atoms with van der Waals surface area (Å²) in [6.07, 6.45) is 2.86. The van der Waals surface area contributed by atoms with Gasteiger partial charge in [-0.15, -0.1) is 11.6 Å². The lowest BCUT2D eigenvalue weighted by molar-refractivity contribution is 0.310. The number of aromatic amines is 1. The summed E-state index contributed by atoms with van der Waals surface area (Å²) in [5, 5.41) is 1.14. The average Bonchev–Trinajstić information content (AvgIpc) is 2.91. The Morgan fingerprint density at radius 3 is 2.65 bits per heavy atom. The Balaban J connectivity index is 1.89. The number of alkyl halides is 1. The zero-order valence-corrected chi connectivity index (χ0v) is 11.9. The van der Waals surface area contributed by atoms with Crippen LogP contribution in [-0.2, 0) is 13.0 Å². The monoisotopic (exact) mass is 285 g/mol. The minimum Gasteiger partial charge on any atom is -0.488 e. The number of rotatable bonds is 5. The van der Waals surface area contributed by atoms with Crippen LogP contribution in [0.25, 0.3) is 10.9 Å². The van der Waals surface area contributed by atoms with Crippen molar-refractivity contribution in [1.82, 2.24) is 4.98 Å². The summed E-state index contributed by atoms with van der Waals surface area (Å²) >= 11 is 5.86. The molecule has 0 saturated carbocycles. The second kappa shape index (κ2) is 6.02. The van der Waals surface area contributed by atoms with Crippen molar-refractivity contribution in [3.63, 3.8) is 0 Å². The third kappa shape index (κ3) is 2.66. The smallest absolute Gasteiger partial charge is 0.129 e. The van der Waals surface area contributed by atoms with E-state index in [0.717, 1.165) is 23.1 Å². The number of aromatic nitrogens is 1. The molecule has 102 valence electrons. The molecule has 0 aliphatic carbocycles. The molecule has 0 amide bonds. The molecule has 1 N–H and O–H groups in total. The van der Waals surface area contributed by atoms with Crippen LogP contribution in [0.2, 0.25) is 0 Å². The summed E-state index contributed by atoms with van der Waals surface area (Å²) < 4.78 is 5.99. The van der Waals surface area contributed by atoms with Gasteiger partial charge in [0, 0.05) is 23.0 Å². The van der Waals surface area contributed by atoms with E-state index >= 15 is 0 Å². The minimum absolute atomic E-state index is 0.575. The predicted molar refractivity (Wildman–Crippen MR) is 83.5 cm³/mol. The molecule has 3 aromatic rings. The Bertz CT molecular complexity index is 691. The summed E-state index contributed by atoms with van der Waals surface area (Å²) in [5.74, 6) is 1.52. The van der Waals surface area contributed by atoms with Crippen LogP contribution < -0.4 is 4.74 Å². The molecule has 3 heteroatoms. The summed E-state index contributed by atoms with van der Waals surface area (Å²) in [6, 6.07) is 16.3. The molecular weight excluding hydrogens is 270 g/mol. The number of fused-ring (bicyclic) bond motifs is 1. The molecule has 3 rings (SSSR count). The first-order chi connectivity index (χ1) is 9.88. The van der Waals surface area contributed by atoms with Gasteiger partial charge in [0.15, 0.2) is 0 Å². The van der Waals surface area contributed by atoms with Gasteiger partial charge in [-0.2, -0.15) is 0 Å². The minimum atomic E-state index is 0.575. The van der Waals surface area contributed by atoms with Crippen molar-refractivity contribution in [1.29, 1.82) is 0 Å². The zero-order valence-electron chi connectivity index (χ0n) is 11.1. The van der Waals surface area contributed by atoms with Crippen molar-refractivity contribution in [3.05, 3.63) is 65.9 Å². The molecule has 0 radical (unpaired) electrons. The maximum atomic E-state index is 5.99. The van der Waals surface area contributed by atoms with E-state index in [9.17, 15) is 0 Å². The highest BCUT2D eigenvalue weighted by molar-refractivity contribution is 6.18. The van der Waals surface area contributed by atoms with Crippen LogP contribution in [0.3, 0.4) is 0 Å². The van der Waals surface area contributed by atoms with E-state index < -0.39 is 0 Å². The highest BCUT2D eigenvalue weighted by Crippen LogP contribution is 2.29. The summed E-state index contributed by atoms with van der Waals surface area (Å²) in [4.78, 5) is 3.27. The van der Waals surface area contributed by atoms with Gasteiger partial charge in [0.2, 0.25) is 0 Å². The van der Waals surface area contributed by atoms with E-state index in [1.807, 2.05) is 36.5 Å². The number of ether oxygens (including phenoxy) is 1. The predicted octanol–water partition coefficient (Wildman–Crippen LogP) is 4.53. The first kappa shape index (κ1) is 13.1. The van der Waals surface area contributed by atoms with E-state index in [1.54, 1.807) is 0 Å². The molecule has 0 saturated heterocycles. The third-order valence-electron chi connectivity index (χ3n) is 3.35. The fourth-order valence-corrected chi connectivity index (χ4v) is 2.58. The quantitative estimate of drug-likeness (QED) is 0.685. The van der Waals surface area contributed by atoms with Gasteiger partial charge in [-0.05, 0) is 29.7 Å². The Kier molecular flexibility index (Phi) is 3.93. The van der Waals surface area contributed by atoms with Gasteiger partial charge in [-0.3, -0.25) is 0 Å². The van der Waals surface area contributed by atoms with Crippen LogP contribution in [-0.4, -0.2) is 10.9 Å². The van der Waals surface area contributed by atoms with E-state index in [1.165, 1.54) is 11.1 Å². The van der Waals surface area contributed by atoms with Crippen LogP contribution >= 0.6 is 11.6 Å². The average molecular weight is 286 g/mol. The van der Waals surface area contributed by atoms with Crippen molar-refractivity contribution in [3.8, 4) is 5.75 Å². The van der Waals surface area contributed by atoms with E-state index in [0.29, 0.717) is 12.5 Å². The molecule has 2 aromatic carbocycles. The molecule has 1 aromatic heterocycles. The van der Waals surface area contributed by atoms with Gasteiger partial charge in [0.25, 0.3) is 0 Å². The number of hydrogen-bond donors (Lipinski definition) is 1. The van der Waals surface area contributed by atoms with Crippen LogP contribution in [0.15, 0.2) is 54.7 Å². The molecule has 0 bridgehead atoms. The molecule has 0 spiro atoms. The van der Waals surface area contributed by atoms with E-state index in [2.05, 4.69) is 23.2 Å². The summed E-state index contributed by atoms with van der Waals surface area (Å²) in [6.45, 7) is 0.575. The fraction of sp³-hybridized carbons (Fsp3) is 0.176. The van der Waals surface area contributed by atoms with Crippen LogP contribution in [0.4, 0.5) is 0 Å². The lowest BCUT2D eigenvalue weighted by atomic mass is 10.1. The van der Waals surface area contributed by atoms with Gasteiger partial charge in [-0.25, -0.2) is 0 Å². The van der Waals surface area contributed by atoms with Crippen molar-refractivity contribution in [2.45, 2.75) is 13.0 Å². The standard InChI is InChI=1S/C17H16ClNO/c18-10-9-14-11-19-15-7-4-8-16(17(14)15)20-12-13-5-2-1-3-6-13/h1-8,11,19H,9-10,12H2. The lowest BCUT2D eigenvalue weighted by Crippen LogP contribution is -1.96. The zero-order chi connectivity index (χ0) is 13.8. The highest BCUT2D eigenvalue weighted by Gasteiger charge is 2.09. The van der Waals surface area contributed by atoms with Gasteiger partial charge in [-0.1, -0.05) is 36.4 Å². The fourth-order valence-electron chi connectivity index (χ4n) is 2.37. The van der Waals surface area contributed by atoms with Gasteiger partial charge >= 0.3 is 0 Å². The molecule has 0 atom stereocenters. The molecule has 2 nitrogen and oxygen atoms in total. The molecule has 0 unspecified atom stereocenters. The maximum Gasteiger partial charge on any atom is 0.129 e.